The molecule has 2 aromatic heterocycles. The monoisotopic (exact) mass is 476 g/mol. The fourth-order valence-corrected chi connectivity index (χ4v) is 3.13. The van der Waals surface area contributed by atoms with E-state index >= 15 is 0 Å². The normalized spacial score (nSPS) is 11.1. The maximum absolute atomic E-state index is 13.6. The first-order valence-electron chi connectivity index (χ1n) is 10.3. The topological polar surface area (TPSA) is 121 Å². The van der Waals surface area contributed by atoms with Crippen LogP contribution in [-0.4, -0.2) is 47.4 Å². The number of nitrogens with zero attached hydrogens (tertiary/aromatic N) is 2. The molecule has 9 nitrogen and oxygen atoms in total. The van der Waals surface area contributed by atoms with Gasteiger partial charge in [0.05, 0.1) is 12.7 Å². The van der Waals surface area contributed by atoms with E-state index in [9.17, 15) is 22.8 Å². The van der Waals surface area contributed by atoms with E-state index in [1.54, 1.807) is 13.0 Å². The van der Waals surface area contributed by atoms with Crippen LogP contribution < -0.4 is 16.0 Å². The van der Waals surface area contributed by atoms with Gasteiger partial charge in [-0.1, -0.05) is 18.2 Å². The van der Waals surface area contributed by atoms with Gasteiger partial charge in [-0.05, 0) is 37.1 Å². The molecule has 3 rings (SSSR count). The molecule has 0 saturated carbocycles. The largest absolute Gasteiger partial charge is 0.453 e. The van der Waals surface area contributed by atoms with Gasteiger partial charge in [0.1, 0.15) is 11.5 Å². The number of carbonyl (C=O) groups excluding carboxylic acids is 2. The quantitative estimate of drug-likeness (QED) is 0.365. The average Bonchev–Trinajstić information content (AvgIpc) is 3.22. The zero-order valence-corrected chi connectivity index (χ0v) is 18.4. The van der Waals surface area contributed by atoms with E-state index in [1.807, 2.05) is 0 Å². The Balaban J connectivity index is 1.90. The van der Waals surface area contributed by atoms with Crippen molar-refractivity contribution in [3.05, 3.63) is 59.4 Å². The highest BCUT2D eigenvalue weighted by atomic mass is 19.4. The number of alkyl halides is 3. The minimum absolute atomic E-state index is 0.0295. The summed E-state index contributed by atoms with van der Waals surface area (Å²) in [5.74, 6) is 0.0119. The molecule has 0 aliphatic carbocycles. The summed E-state index contributed by atoms with van der Waals surface area (Å²) in [7, 11) is 1.23. The standard InChI is InChI=1S/C22H23F3N6O3/c1-13-12-18(31-30-13)28-17-9-8-15(14-6-3-4-7-16(14)22(23,24)25)19(29-17)20(32)26-10-5-11-27-21(33)34-2/h3-4,6-9,12H,5,10-11H2,1-2H3,(H,26,32)(H,27,33)(H2,28,29,30,31). The van der Waals surface area contributed by atoms with Crippen molar-refractivity contribution in [1.82, 2.24) is 25.8 Å². The van der Waals surface area contributed by atoms with Gasteiger partial charge >= 0.3 is 12.3 Å². The zero-order chi connectivity index (χ0) is 24.7. The van der Waals surface area contributed by atoms with E-state index < -0.39 is 23.7 Å². The van der Waals surface area contributed by atoms with Crippen molar-refractivity contribution in [2.24, 2.45) is 0 Å². The van der Waals surface area contributed by atoms with Gasteiger partial charge in [0.15, 0.2) is 5.82 Å². The molecule has 12 heteroatoms. The van der Waals surface area contributed by atoms with Crippen LogP contribution in [0.3, 0.4) is 0 Å². The SMILES string of the molecule is COC(=O)NCCCNC(=O)c1nc(Nc2cc(C)[nH]n2)ccc1-c1ccccc1C(F)(F)F. The summed E-state index contributed by atoms with van der Waals surface area (Å²) in [5, 5.41) is 14.8. The molecule has 0 aliphatic rings. The van der Waals surface area contributed by atoms with E-state index in [0.717, 1.165) is 11.8 Å². The summed E-state index contributed by atoms with van der Waals surface area (Å²) in [4.78, 5) is 28.3. The minimum Gasteiger partial charge on any atom is -0.453 e. The number of hydrogen-bond acceptors (Lipinski definition) is 6. The molecule has 2 amide bonds. The van der Waals surface area contributed by atoms with Crippen molar-refractivity contribution in [1.29, 1.82) is 0 Å². The molecule has 180 valence electrons. The number of benzene rings is 1. The van der Waals surface area contributed by atoms with Gasteiger partial charge in [-0.25, -0.2) is 9.78 Å². The first kappa shape index (κ1) is 24.6. The second-order valence-electron chi connectivity index (χ2n) is 7.23. The molecule has 2 heterocycles. The van der Waals surface area contributed by atoms with Gasteiger partial charge in [-0.3, -0.25) is 9.89 Å². The number of anilines is 2. The Morgan fingerprint density at radius 3 is 2.44 bits per heavy atom. The first-order valence-corrected chi connectivity index (χ1v) is 10.3. The Kier molecular flexibility index (Phi) is 7.71. The van der Waals surface area contributed by atoms with Crippen LogP contribution in [0.4, 0.5) is 29.6 Å². The summed E-state index contributed by atoms with van der Waals surface area (Å²) >= 11 is 0. The molecule has 0 atom stereocenters. The third-order valence-electron chi connectivity index (χ3n) is 4.69. The number of aryl methyl sites for hydroxylation is 1. The third kappa shape index (κ3) is 6.24. The van der Waals surface area contributed by atoms with Crippen LogP contribution in [0, 0.1) is 6.92 Å². The average molecular weight is 476 g/mol. The van der Waals surface area contributed by atoms with Crippen molar-refractivity contribution in [3.8, 4) is 11.1 Å². The molecule has 0 saturated heterocycles. The second-order valence-corrected chi connectivity index (χ2v) is 7.23. The van der Waals surface area contributed by atoms with Gasteiger partial charge in [0.25, 0.3) is 5.91 Å². The maximum Gasteiger partial charge on any atom is 0.417 e. The molecular weight excluding hydrogens is 453 g/mol. The number of aromatic amines is 1. The summed E-state index contributed by atoms with van der Waals surface area (Å²) in [6.07, 6.45) is -4.85. The summed E-state index contributed by atoms with van der Waals surface area (Å²) in [5.41, 5.74) is -0.410. The molecular formula is C22H23F3N6O3. The Morgan fingerprint density at radius 2 is 1.76 bits per heavy atom. The highest BCUT2D eigenvalue weighted by Crippen LogP contribution is 2.38. The van der Waals surface area contributed by atoms with Gasteiger partial charge in [-0.2, -0.15) is 18.3 Å². The smallest absolute Gasteiger partial charge is 0.417 e. The van der Waals surface area contributed by atoms with Gasteiger partial charge < -0.3 is 20.7 Å². The number of pyridine rings is 1. The van der Waals surface area contributed by atoms with Crippen LogP contribution in [-0.2, 0) is 10.9 Å². The molecule has 0 aliphatic heterocycles. The number of amides is 2. The molecule has 0 unspecified atom stereocenters. The fraction of sp³-hybridized carbons (Fsp3) is 0.273. The van der Waals surface area contributed by atoms with Crippen LogP contribution >= 0.6 is 0 Å². The molecule has 0 radical (unpaired) electrons. The molecule has 3 aromatic rings. The third-order valence-corrected chi connectivity index (χ3v) is 4.69. The maximum atomic E-state index is 13.6. The minimum atomic E-state index is -4.62. The van der Waals surface area contributed by atoms with Crippen LogP contribution in [0.2, 0.25) is 0 Å². The number of halogens is 3. The molecule has 1 aromatic carbocycles. The number of H-pyrrole nitrogens is 1. The van der Waals surface area contributed by atoms with E-state index in [-0.39, 0.29) is 35.7 Å². The molecule has 34 heavy (non-hydrogen) atoms. The van der Waals surface area contributed by atoms with Crippen molar-refractivity contribution in [2.75, 3.05) is 25.5 Å². The number of nitrogens with one attached hydrogen (secondary N) is 4. The Bertz CT molecular complexity index is 1160. The summed E-state index contributed by atoms with van der Waals surface area (Å²) < 4.78 is 45.3. The van der Waals surface area contributed by atoms with Crippen molar-refractivity contribution in [2.45, 2.75) is 19.5 Å². The second kappa shape index (κ2) is 10.7. The highest BCUT2D eigenvalue weighted by Gasteiger charge is 2.34. The first-order chi connectivity index (χ1) is 16.2. The predicted octanol–water partition coefficient (Wildman–Crippen LogP) is 4.02. The van der Waals surface area contributed by atoms with Crippen LogP contribution in [0.15, 0.2) is 42.5 Å². The fourth-order valence-electron chi connectivity index (χ4n) is 3.13. The van der Waals surface area contributed by atoms with Gasteiger partial charge in [0.2, 0.25) is 0 Å². The Labute approximate surface area is 193 Å². The highest BCUT2D eigenvalue weighted by molar-refractivity contribution is 6.00. The Hall–Kier alpha value is -4.09. The number of aromatic nitrogens is 3. The predicted molar refractivity (Wildman–Crippen MR) is 119 cm³/mol. The van der Waals surface area contributed by atoms with E-state index in [0.29, 0.717) is 12.2 Å². The van der Waals surface area contributed by atoms with Crippen molar-refractivity contribution >= 4 is 23.6 Å². The zero-order valence-electron chi connectivity index (χ0n) is 18.4. The molecule has 0 spiro atoms. The molecule has 4 N–H and O–H groups in total. The van der Waals surface area contributed by atoms with E-state index in [4.69, 9.17) is 0 Å². The lowest BCUT2D eigenvalue weighted by Crippen LogP contribution is -2.30. The lowest BCUT2D eigenvalue weighted by molar-refractivity contribution is -0.137. The van der Waals surface area contributed by atoms with Crippen LogP contribution in [0.1, 0.15) is 28.2 Å². The molecule has 0 fully saturated rings. The van der Waals surface area contributed by atoms with Crippen LogP contribution in [0.5, 0.6) is 0 Å². The summed E-state index contributed by atoms with van der Waals surface area (Å²) in [6.45, 7) is 2.20. The van der Waals surface area contributed by atoms with Gasteiger partial charge in [0, 0.05) is 30.4 Å². The van der Waals surface area contributed by atoms with E-state index in [2.05, 4.69) is 35.9 Å². The summed E-state index contributed by atoms with van der Waals surface area (Å²) in [6, 6.07) is 9.58. The number of carbonyl (C=O) groups is 2. The lowest BCUT2D eigenvalue weighted by atomic mass is 9.97. The Morgan fingerprint density at radius 1 is 1.03 bits per heavy atom. The van der Waals surface area contributed by atoms with E-state index in [1.165, 1.54) is 37.4 Å². The number of methoxy groups -OCH3 is 1. The van der Waals surface area contributed by atoms with Crippen molar-refractivity contribution in [3.63, 3.8) is 0 Å². The molecule has 0 bridgehead atoms. The van der Waals surface area contributed by atoms with Crippen molar-refractivity contribution < 1.29 is 27.5 Å². The number of hydrogen-bond donors (Lipinski definition) is 4. The number of rotatable bonds is 8. The number of alkyl carbamates (subject to hydrolysis) is 1. The van der Waals surface area contributed by atoms with Crippen LogP contribution in [0.25, 0.3) is 11.1 Å². The lowest BCUT2D eigenvalue weighted by Gasteiger charge is -2.16. The number of ether oxygens (including phenoxy) is 1. The van der Waals surface area contributed by atoms with Gasteiger partial charge in [-0.15, -0.1) is 0 Å².